The van der Waals surface area contributed by atoms with Crippen LogP contribution in [0.3, 0.4) is 0 Å². The standard InChI is InChI=1S/C21H22O7/c1-13(26-18(22)14-9-5-3-6-10-14)16-17(21(2,25)20(24)27-16)28-19(23)15-11-7-4-8-12-15/h3-13,16-17,20,24-25H,1-2H3. The van der Waals surface area contributed by atoms with Gasteiger partial charge >= 0.3 is 11.9 Å². The topological polar surface area (TPSA) is 102 Å². The van der Waals surface area contributed by atoms with E-state index in [1.807, 2.05) is 0 Å². The summed E-state index contributed by atoms with van der Waals surface area (Å²) in [4.78, 5) is 24.7. The number of carbonyl (C=O) groups excluding carboxylic acids is 2. The second-order valence-corrected chi connectivity index (χ2v) is 6.85. The number of rotatable bonds is 5. The van der Waals surface area contributed by atoms with Crippen molar-refractivity contribution in [1.82, 2.24) is 0 Å². The molecule has 1 aliphatic rings. The highest BCUT2D eigenvalue weighted by molar-refractivity contribution is 5.90. The smallest absolute Gasteiger partial charge is 0.338 e. The van der Waals surface area contributed by atoms with Gasteiger partial charge < -0.3 is 24.4 Å². The number of aliphatic hydroxyl groups is 2. The quantitative estimate of drug-likeness (QED) is 0.757. The molecule has 5 unspecified atom stereocenters. The second kappa shape index (κ2) is 8.10. The summed E-state index contributed by atoms with van der Waals surface area (Å²) in [5, 5.41) is 20.7. The molecule has 7 nitrogen and oxygen atoms in total. The molecule has 3 rings (SSSR count). The van der Waals surface area contributed by atoms with Crippen LogP contribution in [-0.2, 0) is 14.2 Å². The molecule has 0 aliphatic carbocycles. The van der Waals surface area contributed by atoms with Gasteiger partial charge in [0.1, 0.15) is 12.2 Å². The molecule has 5 atom stereocenters. The minimum atomic E-state index is -1.87. The van der Waals surface area contributed by atoms with Crippen LogP contribution in [0.5, 0.6) is 0 Å². The van der Waals surface area contributed by atoms with Crippen molar-refractivity contribution in [3.8, 4) is 0 Å². The normalized spacial score (nSPS) is 27.8. The third kappa shape index (κ3) is 4.06. The van der Waals surface area contributed by atoms with E-state index >= 15 is 0 Å². The summed E-state index contributed by atoms with van der Waals surface area (Å²) >= 11 is 0. The molecule has 1 heterocycles. The lowest BCUT2D eigenvalue weighted by Crippen LogP contribution is -2.50. The van der Waals surface area contributed by atoms with E-state index in [9.17, 15) is 19.8 Å². The van der Waals surface area contributed by atoms with E-state index in [0.717, 1.165) is 0 Å². The molecule has 0 radical (unpaired) electrons. The molecule has 2 N–H and O–H groups in total. The molecule has 0 bridgehead atoms. The van der Waals surface area contributed by atoms with Gasteiger partial charge in [0.25, 0.3) is 0 Å². The summed E-state index contributed by atoms with van der Waals surface area (Å²) in [6, 6.07) is 16.6. The van der Waals surface area contributed by atoms with Crippen molar-refractivity contribution in [2.75, 3.05) is 0 Å². The molecule has 0 saturated carbocycles. The Hall–Kier alpha value is -2.74. The van der Waals surface area contributed by atoms with Gasteiger partial charge in [0, 0.05) is 0 Å². The van der Waals surface area contributed by atoms with Crippen LogP contribution in [-0.4, -0.2) is 52.4 Å². The highest BCUT2D eigenvalue weighted by Gasteiger charge is 2.57. The molecule has 7 heteroatoms. The first-order valence-electron chi connectivity index (χ1n) is 8.88. The molecule has 28 heavy (non-hydrogen) atoms. The van der Waals surface area contributed by atoms with Crippen molar-refractivity contribution in [2.24, 2.45) is 0 Å². The van der Waals surface area contributed by atoms with E-state index in [1.54, 1.807) is 67.6 Å². The third-order valence-electron chi connectivity index (χ3n) is 4.67. The summed E-state index contributed by atoms with van der Waals surface area (Å²) in [6.07, 6.45) is -4.80. The minimum absolute atomic E-state index is 0.285. The largest absolute Gasteiger partial charge is 0.456 e. The number of hydrogen-bond acceptors (Lipinski definition) is 7. The van der Waals surface area contributed by atoms with E-state index in [2.05, 4.69) is 0 Å². The highest BCUT2D eigenvalue weighted by atomic mass is 16.7. The SMILES string of the molecule is CC(OC(=O)c1ccccc1)C1OC(O)C(C)(O)C1OC(=O)c1ccccc1. The third-order valence-corrected chi connectivity index (χ3v) is 4.67. The van der Waals surface area contributed by atoms with Crippen molar-refractivity contribution in [2.45, 2.75) is 44.1 Å². The van der Waals surface area contributed by atoms with Crippen LogP contribution in [0.15, 0.2) is 60.7 Å². The maximum absolute atomic E-state index is 12.4. The van der Waals surface area contributed by atoms with Gasteiger partial charge in [-0.1, -0.05) is 36.4 Å². The Morgan fingerprint density at radius 1 is 1.00 bits per heavy atom. The molecule has 2 aromatic rings. The van der Waals surface area contributed by atoms with Crippen LogP contribution < -0.4 is 0 Å². The molecule has 0 amide bonds. The van der Waals surface area contributed by atoms with Crippen LogP contribution in [0.4, 0.5) is 0 Å². The first-order chi connectivity index (χ1) is 13.3. The van der Waals surface area contributed by atoms with E-state index in [-0.39, 0.29) is 5.56 Å². The van der Waals surface area contributed by atoms with E-state index in [0.29, 0.717) is 5.56 Å². The summed E-state index contributed by atoms with van der Waals surface area (Å²) in [6.45, 7) is 2.84. The lowest BCUT2D eigenvalue weighted by Gasteiger charge is -2.29. The van der Waals surface area contributed by atoms with Crippen LogP contribution in [0.1, 0.15) is 34.6 Å². The molecule has 0 spiro atoms. The lowest BCUT2D eigenvalue weighted by molar-refractivity contribution is -0.173. The van der Waals surface area contributed by atoms with Gasteiger partial charge in [-0.25, -0.2) is 9.59 Å². The van der Waals surface area contributed by atoms with Gasteiger partial charge in [0.2, 0.25) is 0 Å². The Bertz CT molecular complexity index is 819. The lowest BCUT2D eigenvalue weighted by atomic mass is 9.95. The Kier molecular flexibility index (Phi) is 5.79. The number of hydrogen-bond donors (Lipinski definition) is 2. The first-order valence-corrected chi connectivity index (χ1v) is 8.88. The maximum Gasteiger partial charge on any atom is 0.338 e. The van der Waals surface area contributed by atoms with Crippen molar-refractivity contribution in [3.05, 3.63) is 71.8 Å². The molecular formula is C21H22O7. The molecule has 148 valence electrons. The molecule has 1 fully saturated rings. The van der Waals surface area contributed by atoms with Gasteiger partial charge in [-0.3, -0.25) is 0 Å². The highest BCUT2D eigenvalue weighted by Crippen LogP contribution is 2.35. The predicted octanol–water partition coefficient (Wildman–Crippen LogP) is 1.93. The van der Waals surface area contributed by atoms with Crippen LogP contribution >= 0.6 is 0 Å². The second-order valence-electron chi connectivity index (χ2n) is 6.85. The van der Waals surface area contributed by atoms with E-state index < -0.39 is 42.1 Å². The average Bonchev–Trinajstić information content (AvgIpc) is 2.92. The molecule has 0 aromatic heterocycles. The van der Waals surface area contributed by atoms with E-state index in [1.165, 1.54) is 6.92 Å². The Morgan fingerprint density at radius 3 is 2.04 bits per heavy atom. The Labute approximate surface area is 162 Å². The first kappa shape index (κ1) is 20.0. The predicted molar refractivity (Wildman–Crippen MR) is 98.5 cm³/mol. The number of ether oxygens (including phenoxy) is 3. The number of carbonyl (C=O) groups is 2. The molecule has 1 saturated heterocycles. The molecule has 1 aliphatic heterocycles. The van der Waals surface area contributed by atoms with Crippen LogP contribution in [0.25, 0.3) is 0 Å². The number of benzene rings is 2. The minimum Gasteiger partial charge on any atom is -0.456 e. The molecular weight excluding hydrogens is 364 g/mol. The van der Waals surface area contributed by atoms with Crippen molar-refractivity contribution >= 4 is 11.9 Å². The van der Waals surface area contributed by atoms with Gasteiger partial charge in [0.05, 0.1) is 11.1 Å². The Balaban J connectivity index is 1.76. The van der Waals surface area contributed by atoms with E-state index in [4.69, 9.17) is 14.2 Å². The van der Waals surface area contributed by atoms with Gasteiger partial charge in [0.15, 0.2) is 18.0 Å². The zero-order chi connectivity index (χ0) is 20.3. The Morgan fingerprint density at radius 2 is 1.50 bits per heavy atom. The zero-order valence-electron chi connectivity index (χ0n) is 15.5. The summed E-state index contributed by atoms with van der Waals surface area (Å²) in [5.74, 6) is -1.28. The maximum atomic E-state index is 12.4. The van der Waals surface area contributed by atoms with Crippen LogP contribution in [0.2, 0.25) is 0 Å². The fourth-order valence-corrected chi connectivity index (χ4v) is 3.01. The van der Waals surface area contributed by atoms with Gasteiger partial charge in [-0.05, 0) is 38.1 Å². The van der Waals surface area contributed by atoms with Crippen LogP contribution in [0, 0.1) is 0 Å². The fraction of sp³-hybridized carbons (Fsp3) is 0.333. The van der Waals surface area contributed by atoms with Gasteiger partial charge in [-0.2, -0.15) is 0 Å². The van der Waals surface area contributed by atoms with Crippen molar-refractivity contribution in [1.29, 1.82) is 0 Å². The summed E-state index contributed by atoms with van der Waals surface area (Å²) in [7, 11) is 0. The summed E-state index contributed by atoms with van der Waals surface area (Å²) in [5.41, 5.74) is -1.24. The van der Waals surface area contributed by atoms with Crippen molar-refractivity contribution < 1.29 is 34.0 Å². The fourth-order valence-electron chi connectivity index (χ4n) is 3.01. The van der Waals surface area contributed by atoms with Gasteiger partial charge in [-0.15, -0.1) is 0 Å². The number of aliphatic hydroxyl groups excluding tert-OH is 1. The zero-order valence-corrected chi connectivity index (χ0v) is 15.5. The monoisotopic (exact) mass is 386 g/mol. The summed E-state index contributed by atoms with van der Waals surface area (Å²) < 4.78 is 16.2. The average molecular weight is 386 g/mol. The number of esters is 2. The van der Waals surface area contributed by atoms with Crippen molar-refractivity contribution in [3.63, 3.8) is 0 Å². The molecule has 2 aromatic carbocycles.